The zero-order valence-corrected chi connectivity index (χ0v) is 17.7. The molecule has 2 N–H and O–H groups in total. The van der Waals surface area contributed by atoms with Crippen molar-refractivity contribution in [2.24, 2.45) is 0 Å². The summed E-state index contributed by atoms with van der Waals surface area (Å²) in [4.78, 5) is 24.3. The van der Waals surface area contributed by atoms with Crippen molar-refractivity contribution in [1.82, 2.24) is 4.57 Å². The number of aliphatic hydroxyl groups excluding tert-OH is 1. The van der Waals surface area contributed by atoms with Crippen molar-refractivity contribution >= 4 is 27.5 Å². The van der Waals surface area contributed by atoms with Gasteiger partial charge in [0, 0.05) is 29.1 Å². The number of hydrogen-bond acceptors (Lipinski definition) is 4. The van der Waals surface area contributed by atoms with Crippen LogP contribution in [0, 0.1) is 24.4 Å². The second-order valence-corrected chi connectivity index (χ2v) is 7.29. The number of aliphatic hydroxyl groups is 1. The smallest absolute Gasteiger partial charge is 0.273 e. The molecule has 0 bridgehead atoms. The number of ether oxygens (including phenoxy) is 1. The number of carbonyl (C=O) groups excluding carboxylic acids is 1. The van der Waals surface area contributed by atoms with Crippen LogP contribution in [0.5, 0.6) is 5.75 Å². The normalized spacial score (nSPS) is 10.8. The van der Waals surface area contributed by atoms with E-state index in [2.05, 4.69) is 21.2 Å². The van der Waals surface area contributed by atoms with Crippen molar-refractivity contribution in [3.63, 3.8) is 0 Å². The fourth-order valence-electron chi connectivity index (χ4n) is 2.84. The molecule has 0 aliphatic heterocycles. The van der Waals surface area contributed by atoms with Crippen LogP contribution in [0.25, 0.3) is 5.69 Å². The van der Waals surface area contributed by atoms with E-state index in [4.69, 9.17) is 9.84 Å². The van der Waals surface area contributed by atoms with Gasteiger partial charge in [0.15, 0.2) is 0 Å². The van der Waals surface area contributed by atoms with Crippen molar-refractivity contribution in [1.29, 1.82) is 0 Å². The van der Waals surface area contributed by atoms with Crippen molar-refractivity contribution in [3.8, 4) is 11.4 Å². The number of benzene rings is 2. The van der Waals surface area contributed by atoms with Crippen LogP contribution in [-0.2, 0) is 11.4 Å². The number of nitrogens with zero attached hydrogens (tertiary/aromatic N) is 1. The van der Waals surface area contributed by atoms with Crippen molar-refractivity contribution in [3.05, 3.63) is 86.0 Å². The molecular formula is C21H16BrF3N2O4. The molecule has 0 aliphatic rings. The van der Waals surface area contributed by atoms with Crippen LogP contribution in [-0.4, -0.2) is 22.2 Å². The van der Waals surface area contributed by atoms with Gasteiger partial charge >= 0.3 is 0 Å². The Bertz CT molecular complexity index is 1210. The number of pyridine rings is 1. The molecule has 1 amide bonds. The predicted molar refractivity (Wildman–Crippen MR) is 111 cm³/mol. The monoisotopic (exact) mass is 496 g/mol. The maximum atomic E-state index is 14.5. The number of amides is 1. The summed E-state index contributed by atoms with van der Waals surface area (Å²) >= 11 is 3.12. The lowest BCUT2D eigenvalue weighted by Crippen LogP contribution is -2.23. The minimum Gasteiger partial charge on any atom is -0.487 e. The van der Waals surface area contributed by atoms with Gasteiger partial charge in [-0.05, 0) is 53.2 Å². The number of anilines is 1. The molecule has 31 heavy (non-hydrogen) atoms. The first-order valence-electron chi connectivity index (χ1n) is 8.90. The summed E-state index contributed by atoms with van der Waals surface area (Å²) in [7, 11) is 0. The van der Waals surface area contributed by atoms with Gasteiger partial charge in [0.05, 0.1) is 5.69 Å². The number of hydrogen-bond donors (Lipinski definition) is 2. The largest absolute Gasteiger partial charge is 0.487 e. The topological polar surface area (TPSA) is 80.6 Å². The van der Waals surface area contributed by atoms with Gasteiger partial charge in [0.2, 0.25) is 5.91 Å². The Morgan fingerprint density at radius 1 is 1.13 bits per heavy atom. The van der Waals surface area contributed by atoms with Crippen LogP contribution < -0.4 is 15.6 Å². The molecule has 3 aromatic rings. The third-order valence-corrected chi connectivity index (χ3v) is 5.04. The highest BCUT2D eigenvalue weighted by atomic mass is 79.9. The fourth-order valence-corrected chi connectivity index (χ4v) is 3.25. The van der Waals surface area contributed by atoms with Crippen LogP contribution in [0.2, 0.25) is 0 Å². The quantitative estimate of drug-likeness (QED) is 0.543. The van der Waals surface area contributed by atoms with E-state index in [0.29, 0.717) is 5.69 Å². The summed E-state index contributed by atoms with van der Waals surface area (Å²) in [6, 6.07) is 8.10. The van der Waals surface area contributed by atoms with Gasteiger partial charge in [0.1, 0.15) is 40.9 Å². The Morgan fingerprint density at radius 3 is 2.55 bits per heavy atom. The zero-order chi connectivity index (χ0) is 22.7. The third kappa shape index (κ3) is 4.97. The first kappa shape index (κ1) is 22.6. The Hall–Kier alpha value is -3.11. The Labute approximate surface area is 183 Å². The summed E-state index contributed by atoms with van der Waals surface area (Å²) in [5, 5.41) is 11.2. The number of aryl methyl sites for hydroxylation is 1. The Kier molecular flexibility index (Phi) is 6.81. The Balaban J connectivity index is 1.96. The summed E-state index contributed by atoms with van der Waals surface area (Å²) in [5.74, 6) is -2.83. The predicted octanol–water partition coefficient (Wildman–Crippen LogP) is 3.84. The zero-order valence-electron chi connectivity index (χ0n) is 16.1. The molecule has 0 spiro atoms. The van der Waals surface area contributed by atoms with Gasteiger partial charge in [-0.2, -0.15) is 0 Å². The van der Waals surface area contributed by atoms with Gasteiger partial charge in [-0.3, -0.25) is 14.2 Å². The van der Waals surface area contributed by atoms with E-state index in [1.165, 1.54) is 31.2 Å². The van der Waals surface area contributed by atoms with Crippen molar-refractivity contribution < 1.29 is 27.8 Å². The van der Waals surface area contributed by atoms with Crippen LogP contribution >= 0.6 is 15.9 Å². The van der Waals surface area contributed by atoms with Gasteiger partial charge in [-0.25, -0.2) is 13.2 Å². The van der Waals surface area contributed by atoms with E-state index >= 15 is 0 Å². The highest BCUT2D eigenvalue weighted by molar-refractivity contribution is 9.10. The molecule has 6 nitrogen and oxygen atoms in total. The van der Waals surface area contributed by atoms with E-state index in [1.54, 1.807) is 0 Å². The molecule has 1 heterocycles. The molecule has 0 saturated carbocycles. The van der Waals surface area contributed by atoms with Crippen molar-refractivity contribution in [2.45, 2.75) is 13.5 Å². The fraction of sp³-hybridized carbons (Fsp3) is 0.143. The molecule has 0 unspecified atom stereocenters. The van der Waals surface area contributed by atoms with E-state index in [0.717, 1.165) is 22.8 Å². The van der Waals surface area contributed by atoms with Crippen LogP contribution in [0.3, 0.4) is 0 Å². The summed E-state index contributed by atoms with van der Waals surface area (Å²) in [5.41, 5.74) is -0.208. The molecule has 0 saturated heterocycles. The average molecular weight is 497 g/mol. The first-order valence-corrected chi connectivity index (χ1v) is 9.70. The second kappa shape index (κ2) is 9.36. The lowest BCUT2D eigenvalue weighted by molar-refractivity contribution is -0.118. The average Bonchev–Trinajstić information content (AvgIpc) is 2.72. The van der Waals surface area contributed by atoms with E-state index < -0.39 is 35.5 Å². The molecule has 10 heteroatoms. The number of halogens is 4. The first-order chi connectivity index (χ1) is 14.7. The number of aromatic nitrogens is 1. The van der Waals surface area contributed by atoms with Crippen molar-refractivity contribution in [2.75, 3.05) is 11.9 Å². The lowest BCUT2D eigenvalue weighted by Gasteiger charge is -2.16. The molecule has 0 aliphatic carbocycles. The summed E-state index contributed by atoms with van der Waals surface area (Å²) in [6.45, 7) is 0.528. The summed E-state index contributed by atoms with van der Waals surface area (Å²) in [6.07, 6.45) is 0. The maximum absolute atomic E-state index is 14.5. The number of carbonyl (C=O) groups is 1. The molecule has 0 atom stereocenters. The van der Waals surface area contributed by atoms with Crippen LogP contribution in [0.4, 0.5) is 18.9 Å². The third-order valence-electron chi connectivity index (χ3n) is 4.31. The Morgan fingerprint density at radius 2 is 1.87 bits per heavy atom. The SMILES string of the molecule is Cc1cc(OCc2ccc(F)cc2F)c(Br)c(=O)n1-c1cc(NC(=O)CO)ccc1F. The highest BCUT2D eigenvalue weighted by Crippen LogP contribution is 2.27. The number of nitrogens with one attached hydrogen (secondary N) is 1. The highest BCUT2D eigenvalue weighted by Gasteiger charge is 2.17. The van der Waals surface area contributed by atoms with Gasteiger partial charge < -0.3 is 15.2 Å². The molecule has 2 aromatic carbocycles. The molecule has 1 aromatic heterocycles. The number of rotatable bonds is 6. The maximum Gasteiger partial charge on any atom is 0.273 e. The minimum absolute atomic E-state index is 0.0372. The van der Waals surface area contributed by atoms with E-state index in [9.17, 15) is 22.8 Å². The molecule has 0 fully saturated rings. The van der Waals surface area contributed by atoms with Gasteiger partial charge in [-0.1, -0.05) is 0 Å². The minimum atomic E-state index is -0.787. The van der Waals surface area contributed by atoms with E-state index in [1.807, 2.05) is 0 Å². The molecular weight excluding hydrogens is 481 g/mol. The molecule has 162 valence electrons. The molecule has 0 radical (unpaired) electrons. The van der Waals surface area contributed by atoms with Crippen LogP contribution in [0.15, 0.2) is 51.7 Å². The molecule has 3 rings (SSSR count). The standard InChI is InChI=1S/C21H16BrF3N2O4/c1-11-6-18(31-10-12-2-3-13(23)7-16(12)25)20(22)21(30)27(11)17-8-14(4-5-15(17)24)26-19(29)9-28/h2-8,28H,9-10H2,1H3,(H,26,29). The van der Waals surface area contributed by atoms with Gasteiger partial charge in [-0.15, -0.1) is 0 Å². The summed E-state index contributed by atoms with van der Waals surface area (Å²) < 4.78 is 47.9. The van der Waals surface area contributed by atoms with E-state index in [-0.39, 0.29) is 33.8 Å². The van der Waals surface area contributed by atoms with Gasteiger partial charge in [0.25, 0.3) is 5.56 Å². The lowest BCUT2D eigenvalue weighted by atomic mass is 10.2. The second-order valence-electron chi connectivity index (χ2n) is 6.50. The van der Waals surface area contributed by atoms with Crippen LogP contribution in [0.1, 0.15) is 11.3 Å².